The summed E-state index contributed by atoms with van der Waals surface area (Å²) in [5.74, 6) is -3.08. The van der Waals surface area contributed by atoms with E-state index < -0.39 is 41.8 Å². The van der Waals surface area contributed by atoms with Crippen molar-refractivity contribution in [1.29, 1.82) is 0 Å². The molecule has 3 unspecified atom stereocenters. The Labute approximate surface area is 129 Å². The zero-order chi connectivity index (χ0) is 17.4. The molecule has 3 atom stereocenters. The lowest BCUT2D eigenvalue weighted by molar-refractivity contribution is -0.142. The Morgan fingerprint density at radius 1 is 1.00 bits per heavy atom. The van der Waals surface area contributed by atoms with Gasteiger partial charge in [0.25, 0.3) is 0 Å². The molecule has 0 spiro atoms. The Morgan fingerprint density at radius 2 is 1.55 bits per heavy atom. The van der Waals surface area contributed by atoms with Crippen molar-refractivity contribution < 1.29 is 24.3 Å². The highest BCUT2D eigenvalue weighted by molar-refractivity contribution is 5.92. The van der Waals surface area contributed by atoms with E-state index in [1.807, 2.05) is 0 Å². The largest absolute Gasteiger partial charge is 0.480 e. The fourth-order valence-electron chi connectivity index (χ4n) is 1.45. The van der Waals surface area contributed by atoms with Crippen molar-refractivity contribution in [3.8, 4) is 0 Å². The number of carbonyl (C=O) groups is 4. The Balaban J connectivity index is 4.58. The number of carboxylic acids is 1. The summed E-state index contributed by atoms with van der Waals surface area (Å²) in [5.41, 5.74) is 5.34. The van der Waals surface area contributed by atoms with Crippen LogP contribution in [0.15, 0.2) is 0 Å². The first-order valence-electron chi connectivity index (χ1n) is 6.92. The minimum atomic E-state index is -1.17. The van der Waals surface area contributed by atoms with E-state index in [0.717, 1.165) is 0 Å². The molecule has 0 saturated carbocycles. The first-order chi connectivity index (χ1) is 10.1. The van der Waals surface area contributed by atoms with Gasteiger partial charge in [0, 0.05) is 0 Å². The van der Waals surface area contributed by atoms with Crippen LogP contribution in [0, 0.1) is 5.92 Å². The molecule has 0 heterocycles. The van der Waals surface area contributed by atoms with Gasteiger partial charge in [-0.1, -0.05) is 13.8 Å². The van der Waals surface area contributed by atoms with Gasteiger partial charge in [-0.2, -0.15) is 0 Å². The lowest BCUT2D eigenvalue weighted by Gasteiger charge is -2.23. The predicted molar refractivity (Wildman–Crippen MR) is 78.7 cm³/mol. The quantitative estimate of drug-likeness (QED) is 0.356. The molecule has 6 N–H and O–H groups in total. The maximum absolute atomic E-state index is 12.0. The van der Waals surface area contributed by atoms with E-state index in [-0.39, 0.29) is 12.5 Å². The Bertz CT molecular complexity index is 436. The van der Waals surface area contributed by atoms with Crippen molar-refractivity contribution in [2.75, 3.05) is 6.54 Å². The van der Waals surface area contributed by atoms with E-state index in [0.29, 0.717) is 0 Å². The van der Waals surface area contributed by atoms with Gasteiger partial charge in [0.15, 0.2) is 0 Å². The summed E-state index contributed by atoms with van der Waals surface area (Å²) in [6.07, 6.45) is 0. The molecule has 0 radical (unpaired) electrons. The third-order valence-electron chi connectivity index (χ3n) is 2.83. The van der Waals surface area contributed by atoms with Crippen LogP contribution in [0.25, 0.3) is 0 Å². The first kappa shape index (κ1) is 19.8. The second kappa shape index (κ2) is 8.98. The number of nitrogens with two attached hydrogens (primary N) is 1. The number of hydrogen-bond acceptors (Lipinski definition) is 5. The standard InChI is InChI=1S/C13H24N4O5/c1-6(2)10(12(20)16-8(4)13(21)22)17-9(18)5-15-11(19)7(3)14/h6-8,10H,5,14H2,1-4H3,(H,15,19)(H,16,20)(H,17,18)(H,21,22). The molecule has 0 rings (SSSR count). The molecular formula is C13H24N4O5. The molecule has 0 aliphatic heterocycles. The van der Waals surface area contributed by atoms with Gasteiger partial charge >= 0.3 is 5.97 Å². The molecule has 0 bridgehead atoms. The van der Waals surface area contributed by atoms with Gasteiger partial charge in [-0.05, 0) is 19.8 Å². The summed E-state index contributed by atoms with van der Waals surface area (Å²) in [7, 11) is 0. The van der Waals surface area contributed by atoms with Crippen LogP contribution in [-0.2, 0) is 19.2 Å². The van der Waals surface area contributed by atoms with Crippen molar-refractivity contribution in [2.45, 2.75) is 45.8 Å². The Hall–Kier alpha value is -2.16. The molecule has 0 saturated heterocycles. The van der Waals surface area contributed by atoms with Crippen molar-refractivity contribution in [3.05, 3.63) is 0 Å². The average Bonchev–Trinajstić information content (AvgIpc) is 2.40. The van der Waals surface area contributed by atoms with Crippen LogP contribution in [-0.4, -0.2) is 53.5 Å². The third kappa shape index (κ3) is 7.02. The summed E-state index contributed by atoms with van der Waals surface area (Å²) in [5, 5.41) is 15.8. The monoisotopic (exact) mass is 316 g/mol. The van der Waals surface area contributed by atoms with Crippen LogP contribution in [0.4, 0.5) is 0 Å². The van der Waals surface area contributed by atoms with Gasteiger partial charge in [0.1, 0.15) is 12.1 Å². The van der Waals surface area contributed by atoms with E-state index in [1.165, 1.54) is 13.8 Å². The molecule has 126 valence electrons. The van der Waals surface area contributed by atoms with Gasteiger partial charge in [-0.3, -0.25) is 19.2 Å². The highest BCUT2D eigenvalue weighted by Gasteiger charge is 2.26. The van der Waals surface area contributed by atoms with Crippen LogP contribution in [0.2, 0.25) is 0 Å². The zero-order valence-corrected chi connectivity index (χ0v) is 13.2. The molecule has 22 heavy (non-hydrogen) atoms. The average molecular weight is 316 g/mol. The van der Waals surface area contributed by atoms with E-state index >= 15 is 0 Å². The van der Waals surface area contributed by atoms with Gasteiger partial charge in [0.05, 0.1) is 12.6 Å². The molecule has 0 aromatic heterocycles. The highest BCUT2D eigenvalue weighted by atomic mass is 16.4. The van der Waals surface area contributed by atoms with E-state index in [9.17, 15) is 19.2 Å². The summed E-state index contributed by atoms with van der Waals surface area (Å²) in [6, 6.07) is -2.71. The SMILES string of the molecule is CC(N)C(=O)NCC(=O)NC(C(=O)NC(C)C(=O)O)C(C)C. The van der Waals surface area contributed by atoms with Crippen LogP contribution < -0.4 is 21.7 Å². The molecular weight excluding hydrogens is 292 g/mol. The number of nitrogens with one attached hydrogen (secondary N) is 3. The highest BCUT2D eigenvalue weighted by Crippen LogP contribution is 2.02. The van der Waals surface area contributed by atoms with Crippen LogP contribution in [0.3, 0.4) is 0 Å². The molecule has 9 heteroatoms. The molecule has 3 amide bonds. The second-order valence-electron chi connectivity index (χ2n) is 5.36. The van der Waals surface area contributed by atoms with E-state index in [1.54, 1.807) is 13.8 Å². The summed E-state index contributed by atoms with van der Waals surface area (Å²) in [6.45, 7) is 5.89. The maximum atomic E-state index is 12.0. The number of carboxylic acid groups (broad SMARTS) is 1. The van der Waals surface area contributed by atoms with Crippen molar-refractivity contribution in [3.63, 3.8) is 0 Å². The number of aliphatic carboxylic acids is 1. The zero-order valence-electron chi connectivity index (χ0n) is 13.2. The minimum Gasteiger partial charge on any atom is -0.480 e. The van der Waals surface area contributed by atoms with Crippen LogP contribution in [0.5, 0.6) is 0 Å². The topological polar surface area (TPSA) is 151 Å². The molecule has 0 aliphatic rings. The van der Waals surface area contributed by atoms with Gasteiger partial charge in [0.2, 0.25) is 17.7 Å². The van der Waals surface area contributed by atoms with Gasteiger partial charge in [-0.15, -0.1) is 0 Å². The maximum Gasteiger partial charge on any atom is 0.325 e. The summed E-state index contributed by atoms with van der Waals surface area (Å²) < 4.78 is 0. The van der Waals surface area contributed by atoms with Crippen LogP contribution in [0.1, 0.15) is 27.7 Å². The van der Waals surface area contributed by atoms with Crippen molar-refractivity contribution >= 4 is 23.7 Å². The minimum absolute atomic E-state index is 0.255. The molecule has 9 nitrogen and oxygen atoms in total. The van der Waals surface area contributed by atoms with Crippen molar-refractivity contribution in [1.82, 2.24) is 16.0 Å². The summed E-state index contributed by atoms with van der Waals surface area (Å²) >= 11 is 0. The Morgan fingerprint density at radius 3 is 1.95 bits per heavy atom. The summed E-state index contributed by atoms with van der Waals surface area (Å²) in [4.78, 5) is 45.7. The number of amides is 3. The van der Waals surface area contributed by atoms with Gasteiger partial charge in [-0.25, -0.2) is 0 Å². The number of carbonyl (C=O) groups excluding carboxylic acids is 3. The number of hydrogen-bond donors (Lipinski definition) is 5. The lowest BCUT2D eigenvalue weighted by Crippen LogP contribution is -2.54. The number of rotatable bonds is 8. The normalized spacial score (nSPS) is 14.6. The van der Waals surface area contributed by atoms with E-state index in [2.05, 4.69) is 16.0 Å². The fourth-order valence-corrected chi connectivity index (χ4v) is 1.45. The van der Waals surface area contributed by atoms with Crippen molar-refractivity contribution in [2.24, 2.45) is 11.7 Å². The molecule has 0 aliphatic carbocycles. The second-order valence-corrected chi connectivity index (χ2v) is 5.36. The molecule has 0 aromatic carbocycles. The first-order valence-corrected chi connectivity index (χ1v) is 6.92. The third-order valence-corrected chi connectivity index (χ3v) is 2.83. The smallest absolute Gasteiger partial charge is 0.325 e. The van der Waals surface area contributed by atoms with Crippen LogP contribution >= 0.6 is 0 Å². The van der Waals surface area contributed by atoms with Gasteiger partial charge < -0.3 is 26.8 Å². The van der Waals surface area contributed by atoms with E-state index in [4.69, 9.17) is 10.8 Å². The predicted octanol–water partition coefficient (Wildman–Crippen LogP) is -1.82. The molecule has 0 fully saturated rings. The fraction of sp³-hybridized carbons (Fsp3) is 0.692. The lowest BCUT2D eigenvalue weighted by atomic mass is 10.0. The molecule has 0 aromatic rings. The Kier molecular flexibility index (Phi) is 8.10.